The maximum atomic E-state index is 12.1. The van der Waals surface area contributed by atoms with E-state index < -0.39 is 18.0 Å². The van der Waals surface area contributed by atoms with Crippen molar-refractivity contribution in [2.24, 2.45) is 0 Å². The number of carboxylic acids is 1. The highest BCUT2D eigenvalue weighted by Gasteiger charge is 2.24. The molecule has 0 saturated heterocycles. The minimum atomic E-state index is -1.18. The third-order valence-corrected chi connectivity index (χ3v) is 3.61. The fourth-order valence-electron chi connectivity index (χ4n) is 1.84. The smallest absolute Gasteiger partial charge is 0.326 e. The number of aliphatic hydroxyl groups excluding tert-OH is 1. The van der Waals surface area contributed by atoms with E-state index in [1.165, 1.54) is 4.90 Å². The molecule has 1 aromatic carbocycles. The maximum absolute atomic E-state index is 12.1. The number of carbonyl (C=O) groups excluding carboxylic acids is 1. The first kappa shape index (κ1) is 17.3. The topological polar surface area (TPSA) is 89.9 Å². The molecule has 0 aliphatic carbocycles. The molecule has 7 heteroatoms. The van der Waals surface area contributed by atoms with E-state index in [1.807, 2.05) is 6.07 Å². The first-order valence-electron chi connectivity index (χ1n) is 6.50. The van der Waals surface area contributed by atoms with Crippen LogP contribution in [0.2, 0.25) is 5.02 Å². The first-order chi connectivity index (χ1) is 9.88. The van der Waals surface area contributed by atoms with Gasteiger partial charge in [-0.1, -0.05) is 29.8 Å². The van der Waals surface area contributed by atoms with Gasteiger partial charge in [0.25, 0.3) is 0 Å². The van der Waals surface area contributed by atoms with Crippen LogP contribution in [0.5, 0.6) is 0 Å². The lowest BCUT2D eigenvalue weighted by atomic mass is 10.1. The van der Waals surface area contributed by atoms with Crippen molar-refractivity contribution in [1.29, 1.82) is 0 Å². The summed E-state index contributed by atoms with van der Waals surface area (Å²) >= 11 is 6.09. The standard InChI is InChI=1S/C14H19ClN2O4/c1-9(10-5-3-4-6-11(10)15)17(2)14(21)16-12(7-8-18)13(19)20/h3-6,9,12,18H,7-8H2,1-2H3,(H,16,21)(H,19,20)/t9?,12-/m1/s1. The molecule has 3 N–H and O–H groups in total. The van der Waals surface area contributed by atoms with Gasteiger partial charge in [-0.2, -0.15) is 0 Å². The number of nitrogens with one attached hydrogen (secondary N) is 1. The number of rotatable bonds is 6. The average molecular weight is 315 g/mol. The van der Waals surface area contributed by atoms with E-state index in [0.29, 0.717) is 5.02 Å². The number of carbonyl (C=O) groups is 2. The van der Waals surface area contributed by atoms with E-state index >= 15 is 0 Å². The van der Waals surface area contributed by atoms with Crippen LogP contribution in [0.15, 0.2) is 24.3 Å². The highest BCUT2D eigenvalue weighted by molar-refractivity contribution is 6.31. The van der Waals surface area contributed by atoms with Crippen molar-refractivity contribution in [2.45, 2.75) is 25.4 Å². The Labute approximate surface area is 128 Å². The minimum absolute atomic E-state index is 0.0462. The molecule has 0 saturated carbocycles. The summed E-state index contributed by atoms with van der Waals surface area (Å²) in [4.78, 5) is 24.4. The molecule has 1 unspecified atom stereocenters. The van der Waals surface area contributed by atoms with Crippen LogP contribution < -0.4 is 5.32 Å². The molecule has 6 nitrogen and oxygen atoms in total. The van der Waals surface area contributed by atoms with Gasteiger partial charge < -0.3 is 20.4 Å². The van der Waals surface area contributed by atoms with Crippen LogP contribution in [-0.2, 0) is 4.79 Å². The third-order valence-electron chi connectivity index (χ3n) is 3.27. The molecule has 2 amide bonds. The Morgan fingerprint density at radius 2 is 2.00 bits per heavy atom. The molecule has 1 aromatic rings. The number of hydrogen-bond donors (Lipinski definition) is 3. The Hall–Kier alpha value is -1.79. The zero-order valence-corrected chi connectivity index (χ0v) is 12.7. The molecule has 0 aromatic heterocycles. The van der Waals surface area contributed by atoms with Crippen molar-refractivity contribution in [1.82, 2.24) is 10.2 Å². The van der Waals surface area contributed by atoms with Crippen LogP contribution in [0.25, 0.3) is 0 Å². The van der Waals surface area contributed by atoms with Crippen molar-refractivity contribution in [3.05, 3.63) is 34.9 Å². The molecule has 0 fully saturated rings. The van der Waals surface area contributed by atoms with Gasteiger partial charge in [-0.15, -0.1) is 0 Å². The van der Waals surface area contributed by atoms with Gasteiger partial charge in [0.15, 0.2) is 0 Å². The number of carboxylic acid groups (broad SMARTS) is 1. The fraction of sp³-hybridized carbons (Fsp3) is 0.429. The molecule has 0 aliphatic rings. The van der Waals surface area contributed by atoms with Crippen LogP contribution in [0.4, 0.5) is 4.79 Å². The van der Waals surface area contributed by atoms with Crippen LogP contribution in [0, 0.1) is 0 Å². The monoisotopic (exact) mass is 314 g/mol. The number of aliphatic carboxylic acids is 1. The summed E-state index contributed by atoms with van der Waals surface area (Å²) in [6.45, 7) is 1.48. The summed E-state index contributed by atoms with van der Waals surface area (Å²) in [5, 5.41) is 20.7. The number of amides is 2. The number of urea groups is 1. The molecule has 0 bridgehead atoms. The molecule has 21 heavy (non-hydrogen) atoms. The molecule has 0 aliphatic heterocycles. The zero-order chi connectivity index (χ0) is 16.0. The minimum Gasteiger partial charge on any atom is -0.480 e. The largest absolute Gasteiger partial charge is 0.480 e. The summed E-state index contributed by atoms with van der Waals surface area (Å²) in [7, 11) is 1.56. The van der Waals surface area contributed by atoms with E-state index in [4.69, 9.17) is 21.8 Å². The van der Waals surface area contributed by atoms with E-state index in [2.05, 4.69) is 5.32 Å². The lowest BCUT2D eigenvalue weighted by molar-refractivity contribution is -0.139. The van der Waals surface area contributed by atoms with Crippen LogP contribution in [0.3, 0.4) is 0 Å². The second-order valence-electron chi connectivity index (χ2n) is 4.66. The molecule has 0 radical (unpaired) electrons. The quantitative estimate of drug-likeness (QED) is 0.748. The number of hydrogen-bond acceptors (Lipinski definition) is 3. The van der Waals surface area contributed by atoms with Gasteiger partial charge in [-0.25, -0.2) is 9.59 Å². The maximum Gasteiger partial charge on any atom is 0.326 e. The van der Waals surface area contributed by atoms with E-state index in [-0.39, 0.29) is 19.1 Å². The summed E-state index contributed by atoms with van der Waals surface area (Å²) < 4.78 is 0. The number of nitrogens with zero attached hydrogens (tertiary/aromatic N) is 1. The Bertz CT molecular complexity index is 510. The fourth-order valence-corrected chi connectivity index (χ4v) is 2.13. The van der Waals surface area contributed by atoms with Crippen molar-refractivity contribution >= 4 is 23.6 Å². The van der Waals surface area contributed by atoms with Gasteiger partial charge in [-0.3, -0.25) is 0 Å². The van der Waals surface area contributed by atoms with Crippen molar-refractivity contribution in [2.75, 3.05) is 13.7 Å². The van der Waals surface area contributed by atoms with Crippen LogP contribution in [-0.4, -0.2) is 46.8 Å². The number of aliphatic hydroxyl groups is 1. The second kappa shape index (κ2) is 7.85. The normalized spacial score (nSPS) is 13.3. The van der Waals surface area contributed by atoms with Crippen molar-refractivity contribution in [3.63, 3.8) is 0 Å². The lowest BCUT2D eigenvalue weighted by Crippen LogP contribution is -2.47. The number of benzene rings is 1. The van der Waals surface area contributed by atoms with E-state index in [0.717, 1.165) is 5.56 Å². The lowest BCUT2D eigenvalue weighted by Gasteiger charge is -2.27. The Morgan fingerprint density at radius 1 is 1.38 bits per heavy atom. The van der Waals surface area contributed by atoms with Gasteiger partial charge in [0.2, 0.25) is 0 Å². The molecule has 1 rings (SSSR count). The SMILES string of the molecule is CC(c1ccccc1Cl)N(C)C(=O)N[C@H](CCO)C(=O)O. The highest BCUT2D eigenvalue weighted by atomic mass is 35.5. The Kier molecular flexibility index (Phi) is 6.45. The molecule has 2 atom stereocenters. The summed E-state index contributed by atoms with van der Waals surface area (Å²) in [5.74, 6) is -1.18. The van der Waals surface area contributed by atoms with Crippen LogP contribution in [0.1, 0.15) is 24.9 Å². The van der Waals surface area contributed by atoms with Gasteiger partial charge in [-0.05, 0) is 18.6 Å². The van der Waals surface area contributed by atoms with Gasteiger partial charge in [0, 0.05) is 25.1 Å². The average Bonchev–Trinajstić information content (AvgIpc) is 2.45. The Morgan fingerprint density at radius 3 is 2.52 bits per heavy atom. The summed E-state index contributed by atoms with van der Waals surface area (Å²) in [6, 6.07) is 5.16. The summed E-state index contributed by atoms with van der Waals surface area (Å²) in [5.41, 5.74) is 0.769. The summed E-state index contributed by atoms with van der Waals surface area (Å²) in [6.07, 6.45) is -0.0462. The molecule has 0 spiro atoms. The molecule has 116 valence electrons. The molecular formula is C14H19ClN2O4. The number of halogens is 1. The Balaban J connectivity index is 2.78. The highest BCUT2D eigenvalue weighted by Crippen LogP contribution is 2.26. The van der Waals surface area contributed by atoms with Crippen LogP contribution >= 0.6 is 11.6 Å². The predicted molar refractivity (Wildman–Crippen MR) is 79.3 cm³/mol. The molecule has 0 heterocycles. The second-order valence-corrected chi connectivity index (χ2v) is 5.07. The molecular weight excluding hydrogens is 296 g/mol. The van der Waals surface area contributed by atoms with E-state index in [1.54, 1.807) is 32.2 Å². The van der Waals surface area contributed by atoms with Crippen molar-refractivity contribution < 1.29 is 19.8 Å². The van der Waals surface area contributed by atoms with Gasteiger partial charge >= 0.3 is 12.0 Å². The van der Waals surface area contributed by atoms with E-state index in [9.17, 15) is 9.59 Å². The first-order valence-corrected chi connectivity index (χ1v) is 6.87. The zero-order valence-electron chi connectivity index (χ0n) is 11.9. The van der Waals surface area contributed by atoms with Gasteiger partial charge in [0.1, 0.15) is 6.04 Å². The van der Waals surface area contributed by atoms with Crippen molar-refractivity contribution in [3.8, 4) is 0 Å². The third kappa shape index (κ3) is 4.61. The predicted octanol–water partition coefficient (Wildman–Crippen LogP) is 1.88. The van der Waals surface area contributed by atoms with Gasteiger partial charge in [0.05, 0.1) is 6.04 Å².